The summed E-state index contributed by atoms with van der Waals surface area (Å²) in [5.41, 5.74) is 4.76. The number of carbonyl (C=O) groups is 1. The van der Waals surface area contributed by atoms with Gasteiger partial charge in [0.2, 0.25) is 0 Å². The molecule has 188 valence electrons. The third-order valence-corrected chi connectivity index (χ3v) is 10.2. The van der Waals surface area contributed by atoms with Crippen LogP contribution >= 0.6 is 12.2 Å². The maximum Gasteiger partial charge on any atom is 0.416 e. The summed E-state index contributed by atoms with van der Waals surface area (Å²) in [6, 6.07) is 4.22. The van der Waals surface area contributed by atoms with Gasteiger partial charge in [0.1, 0.15) is 5.60 Å². The Morgan fingerprint density at radius 3 is 2.00 bits per heavy atom. The number of alkyl carbamates (subject to hydrolysis) is 1. The van der Waals surface area contributed by atoms with Gasteiger partial charge in [0.25, 0.3) is 0 Å². The molecule has 10 heteroatoms. The fourth-order valence-corrected chi connectivity index (χ4v) is 4.20. The second-order valence-corrected chi connectivity index (χ2v) is 16.0. The minimum Gasteiger partial charge on any atom is -0.444 e. The van der Waals surface area contributed by atoms with Crippen LogP contribution in [0.1, 0.15) is 71.6 Å². The molecule has 5 nitrogen and oxygen atoms in total. The Kier molecular flexibility index (Phi) is 9.56. The highest BCUT2D eigenvalue weighted by atomic mass is 32.1. The zero-order chi connectivity index (χ0) is 25.8. The van der Waals surface area contributed by atoms with Crippen LogP contribution in [0, 0.1) is 0 Å². The third-order valence-electron chi connectivity index (χ3n) is 5.56. The number of hydrogen-bond acceptors (Lipinski definition) is 4. The summed E-state index contributed by atoms with van der Waals surface area (Å²) in [6.07, 6.45) is -5.14. The summed E-state index contributed by atoms with van der Waals surface area (Å²) < 4.78 is 51.4. The summed E-state index contributed by atoms with van der Waals surface area (Å²) in [7, 11) is -2.40. The van der Waals surface area contributed by atoms with Crippen LogP contribution in [0.4, 0.5) is 18.0 Å². The maximum atomic E-state index is 13.1. The molecule has 0 aliphatic carbocycles. The number of benzene rings is 1. The monoisotopic (exact) mass is 506 g/mol. The molecule has 0 spiro atoms. The fourth-order valence-electron chi connectivity index (χ4n) is 2.79. The lowest BCUT2D eigenvalue weighted by atomic mass is 9.97. The molecule has 1 rings (SSSR count). The summed E-state index contributed by atoms with van der Waals surface area (Å²) in [6.45, 7) is 15.5. The maximum absolute atomic E-state index is 13.1. The molecule has 0 saturated carbocycles. The molecule has 0 aliphatic heterocycles. The molecule has 1 aromatic rings. The van der Waals surface area contributed by atoms with Crippen LogP contribution < -0.4 is 11.1 Å². The van der Waals surface area contributed by atoms with Crippen LogP contribution in [0.5, 0.6) is 0 Å². The summed E-state index contributed by atoms with van der Waals surface area (Å²) >= 11 is 5.02. The van der Waals surface area contributed by atoms with Crippen molar-refractivity contribution in [1.82, 2.24) is 5.32 Å². The fraction of sp³-hybridized carbons (Fsp3) is 0.652. The number of halogens is 3. The first-order valence-corrected chi connectivity index (χ1v) is 14.2. The Morgan fingerprint density at radius 2 is 1.61 bits per heavy atom. The molecule has 0 unspecified atom stereocenters. The SMILES string of the molecule is CC(C)(C)OC(=O)N[C@H](CCC(N)=S)[C@@H](O[Si](C)(C)C(C)(C)C)c1ccc(C(F)(F)F)cc1. The number of nitrogens with two attached hydrogens (primary N) is 1. The van der Waals surface area contributed by atoms with Crippen molar-refractivity contribution in [2.24, 2.45) is 5.73 Å². The van der Waals surface area contributed by atoms with Crippen molar-refractivity contribution in [3.05, 3.63) is 35.4 Å². The minimum atomic E-state index is -4.45. The molecule has 0 radical (unpaired) electrons. The molecule has 0 heterocycles. The van der Waals surface area contributed by atoms with E-state index in [2.05, 4.69) is 26.1 Å². The van der Waals surface area contributed by atoms with E-state index in [1.165, 1.54) is 12.1 Å². The van der Waals surface area contributed by atoms with Crippen LogP contribution in [0.2, 0.25) is 18.1 Å². The number of hydrogen-bond donors (Lipinski definition) is 2. The van der Waals surface area contributed by atoms with E-state index >= 15 is 0 Å². The molecular weight excluding hydrogens is 469 g/mol. The molecule has 0 aliphatic rings. The van der Waals surface area contributed by atoms with Crippen LogP contribution in [0.25, 0.3) is 0 Å². The number of nitrogens with one attached hydrogen (secondary N) is 1. The van der Waals surface area contributed by atoms with E-state index < -0.39 is 43.9 Å². The van der Waals surface area contributed by atoms with Gasteiger partial charge in [-0.1, -0.05) is 45.1 Å². The predicted octanol–water partition coefficient (Wildman–Crippen LogP) is 6.73. The van der Waals surface area contributed by atoms with Crippen molar-refractivity contribution in [1.29, 1.82) is 0 Å². The van der Waals surface area contributed by atoms with Gasteiger partial charge in [-0.2, -0.15) is 13.2 Å². The van der Waals surface area contributed by atoms with Crippen molar-refractivity contribution >= 4 is 31.6 Å². The Labute approximate surface area is 201 Å². The highest BCUT2D eigenvalue weighted by Gasteiger charge is 2.42. The van der Waals surface area contributed by atoms with Crippen LogP contribution in [-0.2, 0) is 15.3 Å². The number of rotatable bonds is 8. The van der Waals surface area contributed by atoms with Gasteiger partial charge >= 0.3 is 12.3 Å². The predicted molar refractivity (Wildman–Crippen MR) is 132 cm³/mol. The second-order valence-electron chi connectivity index (χ2n) is 10.7. The van der Waals surface area contributed by atoms with Crippen LogP contribution in [0.15, 0.2) is 24.3 Å². The standard InChI is InChI=1S/C23H37F3N2O3SSi/c1-21(2,3)30-20(29)28-17(13-14-18(27)32)19(31-33(7,8)22(4,5)6)15-9-11-16(12-10-15)23(24,25)26/h9-12,17,19H,13-14H2,1-8H3,(H2,27,32)(H,28,29)/t17-,19+/m1/s1. The van der Waals surface area contributed by atoms with Gasteiger partial charge in [0, 0.05) is 0 Å². The topological polar surface area (TPSA) is 73.6 Å². The average Bonchev–Trinajstić information content (AvgIpc) is 2.60. The molecule has 0 fully saturated rings. The number of amides is 1. The van der Waals surface area contributed by atoms with E-state index in [0.717, 1.165) is 12.1 Å². The van der Waals surface area contributed by atoms with Gasteiger partial charge in [-0.05, 0) is 69.4 Å². The van der Waals surface area contributed by atoms with Gasteiger partial charge in [-0.15, -0.1) is 0 Å². The number of alkyl halides is 3. The molecule has 2 atom stereocenters. The second kappa shape index (κ2) is 10.7. The van der Waals surface area contributed by atoms with Crippen molar-refractivity contribution in [2.75, 3.05) is 0 Å². The molecule has 3 N–H and O–H groups in total. The van der Waals surface area contributed by atoms with Gasteiger partial charge in [0.15, 0.2) is 8.32 Å². The normalized spacial score (nSPS) is 15.0. The Bertz CT molecular complexity index is 816. The van der Waals surface area contributed by atoms with Crippen molar-refractivity contribution in [3.63, 3.8) is 0 Å². The number of thiocarbonyl (C=S) groups is 1. The van der Waals surface area contributed by atoms with Crippen LogP contribution in [0.3, 0.4) is 0 Å². The lowest BCUT2D eigenvalue weighted by Crippen LogP contribution is -2.49. The number of ether oxygens (including phenoxy) is 1. The van der Waals surface area contributed by atoms with E-state index in [9.17, 15) is 18.0 Å². The molecule has 0 aromatic heterocycles. The van der Waals surface area contributed by atoms with Crippen molar-refractivity contribution in [2.45, 2.75) is 96.4 Å². The van der Waals surface area contributed by atoms with E-state index in [1.807, 2.05) is 13.1 Å². The highest BCUT2D eigenvalue weighted by Crippen LogP contribution is 2.41. The number of carbonyl (C=O) groups excluding carboxylic acids is 1. The first-order valence-electron chi connectivity index (χ1n) is 10.9. The largest absolute Gasteiger partial charge is 0.444 e. The van der Waals surface area contributed by atoms with E-state index in [1.54, 1.807) is 20.8 Å². The van der Waals surface area contributed by atoms with E-state index in [-0.39, 0.29) is 10.0 Å². The molecule has 33 heavy (non-hydrogen) atoms. The van der Waals surface area contributed by atoms with Crippen molar-refractivity contribution in [3.8, 4) is 0 Å². The van der Waals surface area contributed by atoms with Crippen molar-refractivity contribution < 1.29 is 27.1 Å². The molecule has 0 bridgehead atoms. The quantitative estimate of drug-likeness (QED) is 0.302. The first-order chi connectivity index (χ1) is 14.7. The Balaban J connectivity index is 3.44. The van der Waals surface area contributed by atoms with E-state index in [0.29, 0.717) is 18.4 Å². The zero-order valence-electron chi connectivity index (χ0n) is 20.7. The van der Waals surface area contributed by atoms with E-state index in [4.69, 9.17) is 27.1 Å². The lowest BCUT2D eigenvalue weighted by molar-refractivity contribution is -0.137. The first kappa shape index (κ1) is 29.4. The smallest absolute Gasteiger partial charge is 0.416 e. The third kappa shape index (κ3) is 9.62. The average molecular weight is 507 g/mol. The van der Waals surface area contributed by atoms with Gasteiger partial charge in [-0.3, -0.25) is 0 Å². The van der Waals surface area contributed by atoms with Gasteiger partial charge in [0.05, 0.1) is 22.7 Å². The molecule has 0 saturated heterocycles. The Morgan fingerprint density at radius 1 is 1.09 bits per heavy atom. The summed E-state index contributed by atoms with van der Waals surface area (Å²) in [5.74, 6) is 0. The lowest BCUT2D eigenvalue weighted by Gasteiger charge is -2.42. The highest BCUT2D eigenvalue weighted by molar-refractivity contribution is 7.80. The summed E-state index contributed by atoms with van der Waals surface area (Å²) in [5, 5.41) is 2.68. The Hall–Kier alpha value is -1.65. The zero-order valence-corrected chi connectivity index (χ0v) is 22.5. The minimum absolute atomic E-state index is 0.170. The molecule has 1 aromatic carbocycles. The molecule has 1 amide bonds. The summed E-state index contributed by atoms with van der Waals surface area (Å²) in [4.78, 5) is 12.9. The molecular formula is C23H37F3N2O3SSi. The van der Waals surface area contributed by atoms with Crippen LogP contribution in [-0.4, -0.2) is 31.0 Å². The van der Waals surface area contributed by atoms with Gasteiger partial charge in [-0.25, -0.2) is 4.79 Å². The van der Waals surface area contributed by atoms with Gasteiger partial charge < -0.3 is 20.2 Å².